The third-order valence-electron chi connectivity index (χ3n) is 3.67. The summed E-state index contributed by atoms with van der Waals surface area (Å²) in [5.41, 5.74) is 1.95. The van der Waals surface area contributed by atoms with Crippen molar-refractivity contribution in [3.63, 3.8) is 0 Å². The molecule has 1 aliphatic rings. The van der Waals surface area contributed by atoms with E-state index >= 15 is 0 Å². The largest absolute Gasteiger partial charge is 0.357 e. The van der Waals surface area contributed by atoms with E-state index in [2.05, 4.69) is 25.2 Å². The molecule has 2 heterocycles. The van der Waals surface area contributed by atoms with Crippen molar-refractivity contribution >= 4 is 23.5 Å². The molecule has 110 valence electrons. The molecule has 0 spiro atoms. The number of nitrogens with zero attached hydrogens (tertiary/aromatic N) is 4. The Morgan fingerprint density at radius 1 is 1.14 bits per heavy atom. The lowest BCUT2D eigenvalue weighted by Crippen LogP contribution is -2.21. The maximum Gasteiger partial charge on any atom is 0.230 e. The summed E-state index contributed by atoms with van der Waals surface area (Å²) in [5.74, 6) is 1.97. The van der Waals surface area contributed by atoms with Crippen LogP contribution in [-0.2, 0) is 0 Å². The maximum absolute atomic E-state index is 6.21. The molecule has 0 atom stereocenters. The van der Waals surface area contributed by atoms with Crippen LogP contribution in [-0.4, -0.2) is 35.1 Å². The summed E-state index contributed by atoms with van der Waals surface area (Å²) >= 11 is 6.21. The lowest BCUT2D eigenvalue weighted by molar-refractivity contribution is 0.884. The summed E-state index contributed by atoms with van der Waals surface area (Å²) in [4.78, 5) is 15.7. The summed E-state index contributed by atoms with van der Waals surface area (Å²) in [6.45, 7) is 3.98. The Bertz CT molecular complexity index is 653. The second kappa shape index (κ2) is 5.85. The summed E-state index contributed by atoms with van der Waals surface area (Å²) in [6.07, 6.45) is 2.37. The molecule has 0 aliphatic carbocycles. The van der Waals surface area contributed by atoms with Gasteiger partial charge in [0.2, 0.25) is 11.9 Å². The predicted molar refractivity (Wildman–Crippen MR) is 86.0 cm³/mol. The van der Waals surface area contributed by atoms with Crippen molar-refractivity contribution in [2.24, 2.45) is 0 Å². The molecule has 3 rings (SSSR count). The molecule has 1 N–H and O–H groups in total. The third kappa shape index (κ3) is 2.93. The van der Waals surface area contributed by atoms with Gasteiger partial charge in [0.05, 0.1) is 0 Å². The van der Waals surface area contributed by atoms with Crippen molar-refractivity contribution in [2.45, 2.75) is 19.8 Å². The minimum atomic E-state index is 0.582. The average molecular weight is 304 g/mol. The van der Waals surface area contributed by atoms with Gasteiger partial charge in [-0.25, -0.2) is 0 Å². The van der Waals surface area contributed by atoms with Gasteiger partial charge in [-0.3, -0.25) is 0 Å². The number of anilines is 2. The van der Waals surface area contributed by atoms with Gasteiger partial charge < -0.3 is 10.2 Å². The molecule has 1 aromatic carbocycles. The molecule has 5 nitrogen and oxygen atoms in total. The summed E-state index contributed by atoms with van der Waals surface area (Å²) in [7, 11) is 1.81. The zero-order chi connectivity index (χ0) is 14.8. The van der Waals surface area contributed by atoms with Crippen LogP contribution < -0.4 is 10.2 Å². The van der Waals surface area contributed by atoms with Gasteiger partial charge in [-0.05, 0) is 31.4 Å². The van der Waals surface area contributed by atoms with Crippen molar-refractivity contribution < 1.29 is 0 Å². The van der Waals surface area contributed by atoms with Crippen molar-refractivity contribution in [3.8, 4) is 11.4 Å². The minimum absolute atomic E-state index is 0.582. The van der Waals surface area contributed by atoms with Crippen LogP contribution in [0, 0.1) is 6.92 Å². The van der Waals surface area contributed by atoms with Crippen molar-refractivity contribution in [1.82, 2.24) is 15.0 Å². The Labute approximate surface area is 129 Å². The van der Waals surface area contributed by atoms with Gasteiger partial charge in [0.1, 0.15) is 0 Å². The molecule has 0 radical (unpaired) electrons. The maximum atomic E-state index is 6.21. The zero-order valence-corrected chi connectivity index (χ0v) is 13.0. The van der Waals surface area contributed by atoms with E-state index in [0.29, 0.717) is 11.8 Å². The van der Waals surface area contributed by atoms with Crippen molar-refractivity contribution in [2.75, 3.05) is 30.4 Å². The van der Waals surface area contributed by atoms with E-state index in [1.54, 1.807) is 0 Å². The Morgan fingerprint density at radius 2 is 1.90 bits per heavy atom. The van der Waals surface area contributed by atoms with E-state index in [1.165, 1.54) is 12.8 Å². The molecule has 0 bridgehead atoms. The molecular formula is C15H18ClN5. The summed E-state index contributed by atoms with van der Waals surface area (Å²) in [5, 5.41) is 3.73. The molecule has 1 aliphatic heterocycles. The van der Waals surface area contributed by atoms with Gasteiger partial charge in [0.25, 0.3) is 0 Å². The first-order valence-corrected chi connectivity index (χ1v) is 7.50. The van der Waals surface area contributed by atoms with Crippen molar-refractivity contribution in [3.05, 3.63) is 28.8 Å². The lowest BCUT2D eigenvalue weighted by atomic mass is 10.1. The minimum Gasteiger partial charge on any atom is -0.357 e. The van der Waals surface area contributed by atoms with E-state index < -0.39 is 0 Å². The number of rotatable bonds is 3. The number of aryl methyl sites for hydroxylation is 1. The fraction of sp³-hybridized carbons (Fsp3) is 0.400. The predicted octanol–water partition coefficient (Wildman–Crippen LogP) is 3.14. The van der Waals surface area contributed by atoms with Crippen LogP contribution in [0.2, 0.25) is 5.02 Å². The second-order valence-corrected chi connectivity index (χ2v) is 5.60. The van der Waals surface area contributed by atoms with Crippen molar-refractivity contribution in [1.29, 1.82) is 0 Å². The second-order valence-electron chi connectivity index (χ2n) is 5.19. The number of benzene rings is 1. The molecule has 1 aromatic heterocycles. The number of nitrogens with one attached hydrogen (secondary N) is 1. The van der Waals surface area contributed by atoms with Gasteiger partial charge in [-0.15, -0.1) is 0 Å². The summed E-state index contributed by atoms with van der Waals surface area (Å²) < 4.78 is 0. The third-order valence-corrected chi connectivity index (χ3v) is 4.07. The van der Waals surface area contributed by atoms with Crippen LogP contribution in [0.15, 0.2) is 18.2 Å². The highest BCUT2D eigenvalue weighted by Crippen LogP contribution is 2.25. The number of hydrogen-bond donors (Lipinski definition) is 1. The molecule has 1 fully saturated rings. The molecule has 0 amide bonds. The SMILES string of the molecule is CNc1nc(-c2ccc(C)c(Cl)c2)nc(N2CCCC2)n1. The first-order chi connectivity index (χ1) is 10.2. The van der Waals surface area contributed by atoms with Crippen LogP contribution in [0.3, 0.4) is 0 Å². The van der Waals surface area contributed by atoms with Crippen LogP contribution in [0.4, 0.5) is 11.9 Å². The Kier molecular flexibility index (Phi) is 3.92. The first kappa shape index (κ1) is 14.1. The number of aromatic nitrogens is 3. The molecule has 21 heavy (non-hydrogen) atoms. The smallest absolute Gasteiger partial charge is 0.230 e. The Balaban J connectivity index is 2.04. The normalized spacial score (nSPS) is 14.5. The van der Waals surface area contributed by atoms with E-state index in [1.807, 2.05) is 32.2 Å². The molecular weight excluding hydrogens is 286 g/mol. The van der Waals surface area contributed by atoms with Crippen LogP contribution in [0.25, 0.3) is 11.4 Å². The van der Waals surface area contributed by atoms with Gasteiger partial charge in [-0.1, -0.05) is 23.7 Å². The summed E-state index contributed by atoms with van der Waals surface area (Å²) in [6, 6.07) is 5.87. The van der Waals surface area contributed by atoms with E-state index in [4.69, 9.17) is 11.6 Å². The van der Waals surface area contributed by atoms with Gasteiger partial charge in [0.15, 0.2) is 5.82 Å². The van der Waals surface area contributed by atoms with Gasteiger partial charge >= 0.3 is 0 Å². The Morgan fingerprint density at radius 3 is 2.57 bits per heavy atom. The molecule has 0 saturated carbocycles. The van der Waals surface area contributed by atoms with Crippen LogP contribution in [0.1, 0.15) is 18.4 Å². The first-order valence-electron chi connectivity index (χ1n) is 7.12. The number of hydrogen-bond acceptors (Lipinski definition) is 5. The van der Waals surface area contributed by atoms with E-state index in [9.17, 15) is 0 Å². The standard InChI is InChI=1S/C15H18ClN5/c1-10-5-6-11(9-12(10)16)13-18-14(17-2)20-15(19-13)21-7-3-4-8-21/h5-6,9H,3-4,7-8H2,1-2H3,(H,17,18,19,20). The highest BCUT2D eigenvalue weighted by molar-refractivity contribution is 6.31. The molecule has 1 saturated heterocycles. The molecule has 6 heteroatoms. The fourth-order valence-corrected chi connectivity index (χ4v) is 2.58. The average Bonchev–Trinajstić information content (AvgIpc) is 3.04. The van der Waals surface area contributed by atoms with Gasteiger partial charge in [0, 0.05) is 30.7 Å². The molecule has 2 aromatic rings. The van der Waals surface area contributed by atoms with E-state index in [-0.39, 0.29) is 0 Å². The number of halogens is 1. The molecule has 0 unspecified atom stereocenters. The Hall–Kier alpha value is -1.88. The monoisotopic (exact) mass is 303 g/mol. The quantitative estimate of drug-likeness (QED) is 0.944. The topological polar surface area (TPSA) is 53.9 Å². The highest BCUT2D eigenvalue weighted by atomic mass is 35.5. The highest BCUT2D eigenvalue weighted by Gasteiger charge is 2.17. The zero-order valence-electron chi connectivity index (χ0n) is 12.2. The fourth-order valence-electron chi connectivity index (χ4n) is 2.40. The van der Waals surface area contributed by atoms with Gasteiger partial charge in [-0.2, -0.15) is 15.0 Å². The lowest BCUT2D eigenvalue weighted by Gasteiger charge is -2.16. The van der Waals surface area contributed by atoms with Crippen LogP contribution in [0.5, 0.6) is 0 Å². The van der Waals surface area contributed by atoms with Crippen LogP contribution >= 0.6 is 11.6 Å². The van der Waals surface area contributed by atoms with E-state index in [0.717, 1.165) is 35.2 Å².